The Labute approximate surface area is 177 Å². The predicted octanol–water partition coefficient (Wildman–Crippen LogP) is 3.15. The molecule has 0 bridgehead atoms. The van der Waals surface area contributed by atoms with Gasteiger partial charge >= 0.3 is 0 Å². The Morgan fingerprint density at radius 1 is 1.17 bits per heavy atom. The second-order valence-corrected chi connectivity index (χ2v) is 8.51. The zero-order valence-electron chi connectivity index (χ0n) is 15.7. The number of anilines is 2. The summed E-state index contributed by atoms with van der Waals surface area (Å²) in [5, 5.41) is 5.42. The standard InChI is InChI=1S/C21H17N3O3S2/c1-11-7-8-12(2)14(9-11)22-16(25)10-24-15-6-4-3-5-13(15)17(20(24)27)18-19(26)23-21(28)29-18/h3-9H,10H2,1-2H3,(H,22,25)(H,23,26,28). The van der Waals surface area contributed by atoms with E-state index in [0.29, 0.717) is 21.3 Å². The van der Waals surface area contributed by atoms with Gasteiger partial charge in [-0.2, -0.15) is 0 Å². The van der Waals surface area contributed by atoms with Gasteiger partial charge in [0.2, 0.25) is 5.91 Å². The number of hydrogen-bond donors (Lipinski definition) is 2. The summed E-state index contributed by atoms with van der Waals surface area (Å²) < 4.78 is 0.314. The molecule has 2 heterocycles. The third-order valence-corrected chi connectivity index (χ3v) is 5.97. The van der Waals surface area contributed by atoms with Gasteiger partial charge in [-0.3, -0.25) is 19.3 Å². The summed E-state index contributed by atoms with van der Waals surface area (Å²) in [6.45, 7) is 3.70. The normalized spacial score (nSPS) is 18.1. The van der Waals surface area contributed by atoms with Crippen LogP contribution in [0.1, 0.15) is 16.7 Å². The first-order valence-corrected chi connectivity index (χ1v) is 10.1. The molecular weight excluding hydrogens is 406 g/mol. The molecule has 6 nitrogen and oxygen atoms in total. The van der Waals surface area contributed by atoms with Gasteiger partial charge in [0.1, 0.15) is 10.9 Å². The molecule has 146 valence electrons. The lowest BCUT2D eigenvalue weighted by Gasteiger charge is -2.17. The molecule has 2 aromatic rings. The number of amides is 3. The van der Waals surface area contributed by atoms with Crippen molar-refractivity contribution in [2.45, 2.75) is 13.8 Å². The number of hydrogen-bond acceptors (Lipinski definition) is 5. The molecule has 29 heavy (non-hydrogen) atoms. The molecule has 0 atom stereocenters. The van der Waals surface area contributed by atoms with E-state index in [9.17, 15) is 14.4 Å². The number of aryl methyl sites for hydroxylation is 2. The molecule has 2 N–H and O–H groups in total. The predicted molar refractivity (Wildman–Crippen MR) is 119 cm³/mol. The summed E-state index contributed by atoms with van der Waals surface area (Å²) >= 11 is 6.12. The molecule has 0 saturated carbocycles. The Balaban J connectivity index is 1.65. The van der Waals surface area contributed by atoms with Crippen molar-refractivity contribution in [3.8, 4) is 0 Å². The van der Waals surface area contributed by atoms with Crippen molar-refractivity contribution < 1.29 is 14.4 Å². The number of carbonyl (C=O) groups is 3. The average molecular weight is 424 g/mol. The molecular formula is C21H17N3O3S2. The lowest BCUT2D eigenvalue weighted by molar-refractivity contribution is -0.118. The molecule has 2 aliphatic rings. The van der Waals surface area contributed by atoms with Crippen molar-refractivity contribution >= 4 is 63.0 Å². The monoisotopic (exact) mass is 423 g/mol. The molecule has 0 aliphatic carbocycles. The van der Waals surface area contributed by atoms with Gasteiger partial charge in [-0.15, -0.1) is 0 Å². The molecule has 0 aromatic heterocycles. The lowest BCUT2D eigenvalue weighted by atomic mass is 10.1. The maximum atomic E-state index is 13.2. The quantitative estimate of drug-likeness (QED) is 0.586. The Kier molecular flexibility index (Phi) is 4.97. The molecule has 4 rings (SSSR count). The fraction of sp³-hybridized carbons (Fsp3) is 0.143. The Morgan fingerprint density at radius 2 is 1.93 bits per heavy atom. The summed E-state index contributed by atoms with van der Waals surface area (Å²) in [5.74, 6) is -1.09. The minimum absolute atomic E-state index is 0.156. The third kappa shape index (κ3) is 3.56. The minimum Gasteiger partial charge on any atom is -0.324 e. The van der Waals surface area contributed by atoms with Crippen LogP contribution in [0.2, 0.25) is 0 Å². The number of carbonyl (C=O) groups excluding carboxylic acids is 3. The van der Waals surface area contributed by atoms with Crippen LogP contribution in [0.4, 0.5) is 11.4 Å². The second-order valence-electron chi connectivity index (χ2n) is 6.82. The first kappa shape index (κ1) is 19.4. The molecule has 3 amide bonds. The van der Waals surface area contributed by atoms with Gasteiger partial charge in [0.15, 0.2) is 0 Å². The fourth-order valence-corrected chi connectivity index (χ4v) is 4.45. The first-order valence-electron chi connectivity index (χ1n) is 8.91. The average Bonchev–Trinajstić information content (AvgIpc) is 3.14. The van der Waals surface area contributed by atoms with Gasteiger partial charge in [0.25, 0.3) is 11.8 Å². The molecule has 2 aromatic carbocycles. The Morgan fingerprint density at radius 3 is 2.66 bits per heavy atom. The maximum Gasteiger partial charge on any atom is 0.264 e. The van der Waals surface area contributed by atoms with Crippen LogP contribution in [0.15, 0.2) is 47.4 Å². The van der Waals surface area contributed by atoms with E-state index < -0.39 is 0 Å². The van der Waals surface area contributed by atoms with E-state index in [1.165, 1.54) is 4.90 Å². The van der Waals surface area contributed by atoms with Crippen molar-refractivity contribution in [3.05, 3.63) is 64.1 Å². The van der Waals surface area contributed by atoms with Crippen molar-refractivity contribution in [1.29, 1.82) is 0 Å². The van der Waals surface area contributed by atoms with Crippen LogP contribution in [0.3, 0.4) is 0 Å². The summed E-state index contributed by atoms with van der Waals surface area (Å²) in [7, 11) is 0. The van der Waals surface area contributed by atoms with Gasteiger partial charge in [0, 0.05) is 11.3 Å². The van der Waals surface area contributed by atoms with Gasteiger partial charge in [0.05, 0.1) is 16.2 Å². The van der Waals surface area contributed by atoms with Crippen LogP contribution >= 0.6 is 24.0 Å². The van der Waals surface area contributed by atoms with E-state index in [4.69, 9.17) is 12.2 Å². The van der Waals surface area contributed by atoms with Crippen LogP contribution in [0, 0.1) is 13.8 Å². The molecule has 1 fully saturated rings. The summed E-state index contributed by atoms with van der Waals surface area (Å²) in [6, 6.07) is 12.9. The van der Waals surface area contributed by atoms with Crippen LogP contribution in [0.5, 0.6) is 0 Å². The number of thiocarbonyl (C=S) groups is 1. The van der Waals surface area contributed by atoms with Gasteiger partial charge in [-0.1, -0.05) is 54.3 Å². The highest BCUT2D eigenvalue weighted by atomic mass is 32.2. The second kappa shape index (κ2) is 7.46. The maximum absolute atomic E-state index is 13.2. The molecule has 0 unspecified atom stereocenters. The van der Waals surface area contributed by atoms with Gasteiger partial charge in [-0.05, 0) is 37.1 Å². The van der Waals surface area contributed by atoms with Gasteiger partial charge < -0.3 is 10.6 Å². The summed E-state index contributed by atoms with van der Waals surface area (Å²) in [4.78, 5) is 39.8. The summed E-state index contributed by atoms with van der Waals surface area (Å²) in [5.41, 5.74) is 4.18. The van der Waals surface area contributed by atoms with Gasteiger partial charge in [-0.25, -0.2) is 0 Å². The Hall–Kier alpha value is -2.97. The Bertz CT molecular complexity index is 1120. The first-order chi connectivity index (χ1) is 13.8. The van der Waals surface area contributed by atoms with Crippen LogP contribution in [-0.4, -0.2) is 28.6 Å². The highest BCUT2D eigenvalue weighted by Crippen LogP contribution is 2.42. The number of thioether (sulfide) groups is 1. The smallest absolute Gasteiger partial charge is 0.264 e. The number of para-hydroxylation sites is 1. The number of benzene rings is 2. The summed E-state index contributed by atoms with van der Waals surface area (Å²) in [6.07, 6.45) is 0. The van der Waals surface area contributed by atoms with Crippen molar-refractivity contribution in [2.75, 3.05) is 16.8 Å². The fourth-order valence-electron chi connectivity index (χ4n) is 3.34. The molecule has 0 spiro atoms. The van der Waals surface area contributed by atoms with Crippen LogP contribution in [-0.2, 0) is 14.4 Å². The van der Waals surface area contributed by atoms with Crippen LogP contribution in [0.25, 0.3) is 5.57 Å². The number of fused-ring (bicyclic) bond motifs is 1. The molecule has 8 heteroatoms. The lowest BCUT2D eigenvalue weighted by Crippen LogP contribution is -2.35. The third-order valence-electron chi connectivity index (χ3n) is 4.74. The van der Waals surface area contributed by atoms with E-state index in [1.54, 1.807) is 24.3 Å². The zero-order valence-corrected chi connectivity index (χ0v) is 17.4. The van der Waals surface area contributed by atoms with Crippen molar-refractivity contribution in [2.24, 2.45) is 0 Å². The topological polar surface area (TPSA) is 78.5 Å². The molecule has 2 aliphatic heterocycles. The minimum atomic E-state index is -0.389. The number of nitrogens with zero attached hydrogens (tertiary/aromatic N) is 1. The highest BCUT2D eigenvalue weighted by molar-refractivity contribution is 8.27. The van der Waals surface area contributed by atoms with E-state index in [0.717, 1.165) is 22.9 Å². The van der Waals surface area contributed by atoms with Crippen LogP contribution < -0.4 is 15.5 Å². The molecule has 1 saturated heterocycles. The number of nitrogens with one attached hydrogen (secondary N) is 2. The highest BCUT2D eigenvalue weighted by Gasteiger charge is 2.39. The zero-order chi connectivity index (χ0) is 20.7. The largest absolute Gasteiger partial charge is 0.324 e. The van der Waals surface area contributed by atoms with E-state index in [2.05, 4.69) is 10.6 Å². The van der Waals surface area contributed by atoms with E-state index >= 15 is 0 Å². The molecule has 0 radical (unpaired) electrons. The van der Waals surface area contributed by atoms with Crippen molar-refractivity contribution in [3.63, 3.8) is 0 Å². The van der Waals surface area contributed by atoms with E-state index in [1.807, 2.05) is 32.0 Å². The van der Waals surface area contributed by atoms with E-state index in [-0.39, 0.29) is 34.7 Å². The SMILES string of the molecule is Cc1ccc(C)c(NC(=O)CN2C(=O)C(=C3SC(=S)NC3=O)c3ccccc32)c1. The van der Waals surface area contributed by atoms with Crippen molar-refractivity contribution in [1.82, 2.24) is 5.32 Å². The number of rotatable bonds is 3.